The first-order valence-electron chi connectivity index (χ1n) is 7.35. The van der Waals surface area contributed by atoms with Crippen LogP contribution in [0.2, 0.25) is 5.02 Å². The van der Waals surface area contributed by atoms with E-state index in [4.69, 9.17) is 25.8 Å². The molecule has 0 radical (unpaired) electrons. The molecule has 1 fully saturated rings. The third kappa shape index (κ3) is 4.28. The second kappa shape index (κ2) is 7.55. The van der Waals surface area contributed by atoms with E-state index in [9.17, 15) is 9.59 Å². The predicted molar refractivity (Wildman–Crippen MR) is 84.6 cm³/mol. The molecule has 0 aromatic heterocycles. The first-order chi connectivity index (χ1) is 10.9. The van der Waals surface area contributed by atoms with Gasteiger partial charge in [-0.2, -0.15) is 0 Å². The zero-order valence-corrected chi connectivity index (χ0v) is 14.1. The number of carbonyl (C=O) groups is 2. The Bertz CT molecular complexity index is 577. The third-order valence-electron chi connectivity index (χ3n) is 3.54. The van der Waals surface area contributed by atoms with Crippen LogP contribution in [0.15, 0.2) is 24.3 Å². The molecule has 6 nitrogen and oxygen atoms in total. The van der Waals surface area contributed by atoms with Gasteiger partial charge in [0.15, 0.2) is 6.10 Å². The van der Waals surface area contributed by atoms with Crippen molar-refractivity contribution < 1.29 is 23.8 Å². The highest BCUT2D eigenvalue weighted by molar-refractivity contribution is 6.30. The number of methoxy groups -OCH3 is 1. The maximum absolute atomic E-state index is 12.0. The van der Waals surface area contributed by atoms with Crippen LogP contribution in [-0.2, 0) is 14.3 Å². The van der Waals surface area contributed by atoms with Crippen LogP contribution >= 0.6 is 11.6 Å². The maximum atomic E-state index is 12.0. The van der Waals surface area contributed by atoms with Gasteiger partial charge in [0.1, 0.15) is 18.4 Å². The summed E-state index contributed by atoms with van der Waals surface area (Å²) in [7, 11) is 1.30. The highest BCUT2D eigenvalue weighted by Crippen LogP contribution is 2.22. The first-order valence-corrected chi connectivity index (χ1v) is 7.73. The summed E-state index contributed by atoms with van der Waals surface area (Å²) in [6.45, 7) is 4.17. The van der Waals surface area contributed by atoms with E-state index in [-0.39, 0.29) is 19.1 Å². The molecule has 1 aromatic rings. The van der Waals surface area contributed by atoms with E-state index in [1.807, 2.05) is 13.8 Å². The second-order valence-corrected chi connectivity index (χ2v) is 6.07. The van der Waals surface area contributed by atoms with Gasteiger partial charge in [-0.25, -0.2) is 9.59 Å². The first kappa shape index (κ1) is 17.4. The Hall–Kier alpha value is -1.95. The van der Waals surface area contributed by atoms with E-state index >= 15 is 0 Å². The molecule has 7 heteroatoms. The fraction of sp³-hybridized carbons (Fsp3) is 0.500. The van der Waals surface area contributed by atoms with Gasteiger partial charge in [0.05, 0.1) is 13.7 Å². The Morgan fingerprint density at radius 1 is 1.48 bits per heavy atom. The van der Waals surface area contributed by atoms with Crippen molar-refractivity contribution in [1.82, 2.24) is 4.90 Å². The number of halogens is 1. The van der Waals surface area contributed by atoms with Gasteiger partial charge in [0.2, 0.25) is 0 Å². The molecular formula is C16H20ClNO5. The van der Waals surface area contributed by atoms with Crippen LogP contribution in [0, 0.1) is 5.92 Å². The summed E-state index contributed by atoms with van der Waals surface area (Å²) in [5, 5.41) is 0.568. The summed E-state index contributed by atoms with van der Waals surface area (Å²) in [4.78, 5) is 25.3. The number of nitrogens with zero attached hydrogens (tertiary/aromatic N) is 1. The zero-order valence-electron chi connectivity index (χ0n) is 13.3. The van der Waals surface area contributed by atoms with Crippen molar-refractivity contribution >= 4 is 23.7 Å². The number of esters is 1. The lowest BCUT2D eigenvalue weighted by atomic mass is 10.0. The molecule has 0 N–H and O–H groups in total. The van der Waals surface area contributed by atoms with E-state index in [1.165, 1.54) is 12.0 Å². The SMILES string of the molecule is COC(=O)C(C(C)C)N1CC(COc2cccc(Cl)c2)OC1=O. The van der Waals surface area contributed by atoms with Crippen LogP contribution in [0.4, 0.5) is 4.79 Å². The third-order valence-corrected chi connectivity index (χ3v) is 3.78. The summed E-state index contributed by atoms with van der Waals surface area (Å²) < 4.78 is 15.6. The molecular weight excluding hydrogens is 322 g/mol. The lowest BCUT2D eigenvalue weighted by Gasteiger charge is -2.26. The fourth-order valence-electron chi connectivity index (χ4n) is 2.48. The molecule has 1 aliphatic rings. The van der Waals surface area contributed by atoms with Gasteiger partial charge in [-0.15, -0.1) is 0 Å². The molecule has 0 aliphatic carbocycles. The minimum atomic E-state index is -0.663. The van der Waals surface area contributed by atoms with Gasteiger partial charge in [-0.1, -0.05) is 31.5 Å². The molecule has 126 valence electrons. The minimum Gasteiger partial charge on any atom is -0.490 e. The van der Waals surface area contributed by atoms with Crippen LogP contribution in [-0.4, -0.2) is 49.4 Å². The van der Waals surface area contributed by atoms with Gasteiger partial charge in [-0.3, -0.25) is 4.90 Å². The van der Waals surface area contributed by atoms with E-state index < -0.39 is 24.2 Å². The quantitative estimate of drug-likeness (QED) is 0.744. The fourth-order valence-corrected chi connectivity index (χ4v) is 2.66. The van der Waals surface area contributed by atoms with Crippen LogP contribution in [0.1, 0.15) is 13.8 Å². The average Bonchev–Trinajstić information content (AvgIpc) is 2.86. The Morgan fingerprint density at radius 3 is 2.83 bits per heavy atom. The van der Waals surface area contributed by atoms with Gasteiger partial charge in [-0.05, 0) is 24.1 Å². The second-order valence-electron chi connectivity index (χ2n) is 5.64. The van der Waals surface area contributed by atoms with Crippen molar-refractivity contribution in [2.75, 3.05) is 20.3 Å². The molecule has 23 heavy (non-hydrogen) atoms. The van der Waals surface area contributed by atoms with Crippen molar-refractivity contribution in [1.29, 1.82) is 0 Å². The topological polar surface area (TPSA) is 65.1 Å². The number of cyclic esters (lactones) is 1. The Balaban J connectivity index is 1.97. The van der Waals surface area contributed by atoms with E-state index in [1.54, 1.807) is 24.3 Å². The minimum absolute atomic E-state index is 0.0809. The zero-order chi connectivity index (χ0) is 17.0. The number of rotatable bonds is 6. The number of carbonyl (C=O) groups excluding carboxylic acids is 2. The molecule has 2 rings (SSSR count). The van der Waals surface area contributed by atoms with E-state index in [0.29, 0.717) is 10.8 Å². The molecule has 2 atom stereocenters. The molecule has 0 bridgehead atoms. The summed E-state index contributed by atoms with van der Waals surface area (Å²) in [5.41, 5.74) is 0. The highest BCUT2D eigenvalue weighted by Gasteiger charge is 2.41. The summed E-state index contributed by atoms with van der Waals surface area (Å²) in [6.07, 6.45) is -0.985. The van der Waals surface area contributed by atoms with Crippen LogP contribution < -0.4 is 4.74 Å². The largest absolute Gasteiger partial charge is 0.490 e. The van der Waals surface area contributed by atoms with Crippen molar-refractivity contribution in [3.8, 4) is 5.75 Å². The van der Waals surface area contributed by atoms with Crippen molar-refractivity contribution in [3.63, 3.8) is 0 Å². The number of amides is 1. The standard InChI is InChI=1S/C16H20ClNO5/c1-10(2)14(15(19)21-3)18-8-13(23-16(18)20)9-22-12-6-4-5-11(17)7-12/h4-7,10,13-14H,8-9H2,1-3H3. The van der Waals surface area contributed by atoms with Gasteiger partial charge < -0.3 is 14.2 Å². The van der Waals surface area contributed by atoms with Crippen LogP contribution in [0.3, 0.4) is 0 Å². The molecule has 1 amide bonds. The van der Waals surface area contributed by atoms with Gasteiger partial charge in [0.25, 0.3) is 0 Å². The van der Waals surface area contributed by atoms with Crippen LogP contribution in [0.5, 0.6) is 5.75 Å². The van der Waals surface area contributed by atoms with E-state index in [0.717, 1.165) is 0 Å². The van der Waals surface area contributed by atoms with Crippen LogP contribution in [0.25, 0.3) is 0 Å². The van der Waals surface area contributed by atoms with Crippen molar-refractivity contribution in [2.45, 2.75) is 26.0 Å². The Morgan fingerprint density at radius 2 is 2.22 bits per heavy atom. The molecule has 0 saturated carbocycles. The summed E-state index contributed by atoms with van der Waals surface area (Å²) in [5.74, 6) is 0.0661. The van der Waals surface area contributed by atoms with Crippen molar-refractivity contribution in [2.24, 2.45) is 5.92 Å². The number of ether oxygens (including phenoxy) is 3. The molecule has 0 spiro atoms. The van der Waals surface area contributed by atoms with Gasteiger partial charge in [0, 0.05) is 5.02 Å². The average molecular weight is 342 g/mol. The molecule has 2 unspecified atom stereocenters. The molecule has 1 aliphatic heterocycles. The predicted octanol–water partition coefficient (Wildman–Crippen LogP) is 2.74. The maximum Gasteiger partial charge on any atom is 0.411 e. The number of hydrogen-bond donors (Lipinski definition) is 0. The van der Waals surface area contributed by atoms with E-state index in [2.05, 4.69) is 0 Å². The lowest BCUT2D eigenvalue weighted by molar-refractivity contribution is -0.147. The Labute approximate surface area is 140 Å². The smallest absolute Gasteiger partial charge is 0.411 e. The molecule has 1 aromatic carbocycles. The van der Waals surface area contributed by atoms with Gasteiger partial charge >= 0.3 is 12.1 Å². The summed E-state index contributed by atoms with van der Waals surface area (Å²) in [6, 6.07) is 6.31. The van der Waals surface area contributed by atoms with Crippen molar-refractivity contribution in [3.05, 3.63) is 29.3 Å². The normalized spacial score (nSPS) is 18.7. The Kier molecular flexibility index (Phi) is 5.71. The highest BCUT2D eigenvalue weighted by atomic mass is 35.5. The number of hydrogen-bond acceptors (Lipinski definition) is 5. The monoisotopic (exact) mass is 341 g/mol. The summed E-state index contributed by atoms with van der Waals surface area (Å²) >= 11 is 5.89. The molecule has 1 heterocycles. The molecule has 1 saturated heterocycles. The lowest BCUT2D eigenvalue weighted by Crippen LogP contribution is -2.46. The number of benzene rings is 1.